The largest absolute Gasteiger partial charge is 0.416 e. The second-order valence-electron chi connectivity index (χ2n) is 6.91. The van der Waals surface area contributed by atoms with E-state index in [4.69, 9.17) is 5.26 Å². The number of nitrogens with one attached hydrogen (secondary N) is 1. The summed E-state index contributed by atoms with van der Waals surface area (Å²) in [5.41, 5.74) is 1.68. The minimum Gasteiger partial charge on any atom is -0.345 e. The summed E-state index contributed by atoms with van der Waals surface area (Å²) in [4.78, 5) is 13.6. The number of thioether (sulfide) groups is 1. The number of rotatable bonds is 6. The molecule has 158 valence electrons. The van der Waals surface area contributed by atoms with Crippen LogP contribution in [0.5, 0.6) is 0 Å². The van der Waals surface area contributed by atoms with Crippen LogP contribution in [0.4, 0.5) is 13.2 Å². The average molecular weight is 440 g/mol. The summed E-state index contributed by atoms with van der Waals surface area (Å²) in [7, 11) is 0. The summed E-state index contributed by atoms with van der Waals surface area (Å²) in [6, 6.07) is 20.7. The number of nitriles is 1. The lowest BCUT2D eigenvalue weighted by atomic mass is 10.0. The van der Waals surface area contributed by atoms with E-state index in [0.717, 1.165) is 22.6 Å². The van der Waals surface area contributed by atoms with Gasteiger partial charge in [-0.15, -0.1) is 11.8 Å². The topological polar surface area (TPSA) is 52.9 Å². The van der Waals surface area contributed by atoms with E-state index in [0.29, 0.717) is 22.4 Å². The highest BCUT2D eigenvalue weighted by Crippen LogP contribution is 2.31. The van der Waals surface area contributed by atoms with Crippen LogP contribution in [0.25, 0.3) is 0 Å². The third-order valence-electron chi connectivity index (χ3n) is 4.67. The third-order valence-corrected chi connectivity index (χ3v) is 5.82. The molecule has 0 aliphatic carbocycles. The molecule has 1 amide bonds. The molecule has 0 spiro atoms. The first-order valence-electron chi connectivity index (χ1n) is 9.47. The van der Waals surface area contributed by atoms with Crippen molar-refractivity contribution in [1.82, 2.24) is 5.32 Å². The van der Waals surface area contributed by atoms with E-state index in [-0.39, 0.29) is 5.91 Å². The monoisotopic (exact) mass is 440 g/mol. The number of amides is 1. The summed E-state index contributed by atoms with van der Waals surface area (Å²) in [5, 5.41) is 11.7. The van der Waals surface area contributed by atoms with Gasteiger partial charge in [0.2, 0.25) is 0 Å². The van der Waals surface area contributed by atoms with Crippen molar-refractivity contribution in [2.75, 3.05) is 0 Å². The van der Waals surface area contributed by atoms with Crippen LogP contribution in [0.1, 0.15) is 45.6 Å². The van der Waals surface area contributed by atoms with E-state index in [1.165, 1.54) is 17.8 Å². The highest BCUT2D eigenvalue weighted by Gasteiger charge is 2.30. The third kappa shape index (κ3) is 5.89. The predicted molar refractivity (Wildman–Crippen MR) is 114 cm³/mol. The zero-order chi connectivity index (χ0) is 22.4. The minimum atomic E-state index is -4.44. The van der Waals surface area contributed by atoms with Crippen molar-refractivity contribution >= 4 is 17.7 Å². The molecule has 3 nitrogen and oxygen atoms in total. The molecule has 0 aromatic heterocycles. The Hall–Kier alpha value is -3.24. The standard InChI is InChI=1S/C24H19F3N2OS/c1-16(19-5-4-6-20(13-19)24(25,26)27)29-23(30)21-7-2-3-8-22(21)31-15-18-11-9-17(14-28)10-12-18/h2-13,16H,15H2,1H3,(H,29,30). The smallest absolute Gasteiger partial charge is 0.345 e. The molecular formula is C24H19F3N2OS. The summed E-state index contributed by atoms with van der Waals surface area (Å²) in [5.74, 6) is 0.256. The first-order chi connectivity index (χ1) is 14.8. The average Bonchev–Trinajstić information content (AvgIpc) is 2.77. The lowest BCUT2D eigenvalue weighted by Crippen LogP contribution is -2.27. The fourth-order valence-electron chi connectivity index (χ4n) is 2.96. The second-order valence-corrected chi connectivity index (χ2v) is 7.93. The molecule has 0 heterocycles. The van der Waals surface area contributed by atoms with Gasteiger partial charge in [0.15, 0.2) is 0 Å². The Morgan fingerprint density at radius 3 is 2.45 bits per heavy atom. The fourth-order valence-corrected chi connectivity index (χ4v) is 3.96. The van der Waals surface area contributed by atoms with Crippen molar-refractivity contribution in [3.8, 4) is 6.07 Å². The molecule has 0 radical (unpaired) electrons. The van der Waals surface area contributed by atoms with Crippen molar-refractivity contribution in [2.24, 2.45) is 0 Å². The van der Waals surface area contributed by atoms with Crippen LogP contribution >= 0.6 is 11.8 Å². The van der Waals surface area contributed by atoms with E-state index < -0.39 is 17.8 Å². The van der Waals surface area contributed by atoms with Crippen molar-refractivity contribution < 1.29 is 18.0 Å². The quantitative estimate of drug-likeness (QED) is 0.454. The first kappa shape index (κ1) is 22.4. The van der Waals surface area contributed by atoms with Gasteiger partial charge in [0.05, 0.1) is 28.8 Å². The number of carbonyl (C=O) groups is 1. The van der Waals surface area contributed by atoms with Crippen molar-refractivity contribution in [3.63, 3.8) is 0 Å². The van der Waals surface area contributed by atoms with Crippen LogP contribution in [0, 0.1) is 11.3 Å². The summed E-state index contributed by atoms with van der Waals surface area (Å²) >= 11 is 1.48. The lowest BCUT2D eigenvalue weighted by Gasteiger charge is -2.17. The molecule has 1 atom stereocenters. The predicted octanol–water partition coefficient (Wildman–Crippen LogP) is 6.36. The Morgan fingerprint density at radius 1 is 1.06 bits per heavy atom. The minimum absolute atomic E-state index is 0.354. The molecule has 0 aliphatic rings. The Labute approximate surface area is 182 Å². The van der Waals surface area contributed by atoms with Crippen LogP contribution in [-0.4, -0.2) is 5.91 Å². The van der Waals surface area contributed by atoms with Crippen LogP contribution in [0.2, 0.25) is 0 Å². The van der Waals surface area contributed by atoms with Gasteiger partial charge < -0.3 is 5.32 Å². The van der Waals surface area contributed by atoms with E-state index >= 15 is 0 Å². The molecule has 0 bridgehead atoms. The Morgan fingerprint density at radius 2 is 1.77 bits per heavy atom. The number of hydrogen-bond acceptors (Lipinski definition) is 3. The molecule has 31 heavy (non-hydrogen) atoms. The molecular weight excluding hydrogens is 421 g/mol. The SMILES string of the molecule is CC(NC(=O)c1ccccc1SCc1ccc(C#N)cc1)c1cccc(C(F)(F)F)c1. The summed E-state index contributed by atoms with van der Waals surface area (Å²) < 4.78 is 38.9. The Balaban J connectivity index is 1.71. The summed E-state index contributed by atoms with van der Waals surface area (Å²) in [6.45, 7) is 1.65. The number of hydrogen-bond donors (Lipinski definition) is 1. The molecule has 1 N–H and O–H groups in total. The number of carbonyl (C=O) groups excluding carboxylic acids is 1. The number of benzene rings is 3. The van der Waals surface area contributed by atoms with Gasteiger partial charge >= 0.3 is 6.18 Å². The van der Waals surface area contributed by atoms with Crippen molar-refractivity contribution in [3.05, 3.63) is 101 Å². The second kappa shape index (κ2) is 9.71. The molecule has 0 saturated carbocycles. The molecule has 3 rings (SSSR count). The van der Waals surface area contributed by atoms with Gasteiger partial charge in [-0.2, -0.15) is 18.4 Å². The zero-order valence-electron chi connectivity index (χ0n) is 16.6. The normalized spacial score (nSPS) is 12.1. The maximum absolute atomic E-state index is 13.0. The Kier molecular flexibility index (Phi) is 7.03. The van der Waals surface area contributed by atoms with E-state index in [1.807, 2.05) is 24.3 Å². The molecule has 0 saturated heterocycles. The van der Waals surface area contributed by atoms with Gasteiger partial charge in [0.1, 0.15) is 0 Å². The lowest BCUT2D eigenvalue weighted by molar-refractivity contribution is -0.137. The van der Waals surface area contributed by atoms with Crippen LogP contribution in [0.3, 0.4) is 0 Å². The zero-order valence-corrected chi connectivity index (χ0v) is 17.4. The van der Waals surface area contributed by atoms with Crippen LogP contribution in [0.15, 0.2) is 77.7 Å². The molecule has 0 fully saturated rings. The highest BCUT2D eigenvalue weighted by atomic mass is 32.2. The van der Waals surface area contributed by atoms with Crippen molar-refractivity contribution in [1.29, 1.82) is 5.26 Å². The maximum atomic E-state index is 13.0. The molecule has 7 heteroatoms. The van der Waals surface area contributed by atoms with E-state index in [2.05, 4.69) is 11.4 Å². The number of halogens is 3. The Bertz CT molecular complexity index is 1100. The van der Waals surface area contributed by atoms with Gasteiger partial charge in [0, 0.05) is 10.6 Å². The maximum Gasteiger partial charge on any atom is 0.416 e. The molecule has 3 aromatic carbocycles. The van der Waals surface area contributed by atoms with Gasteiger partial charge in [0.25, 0.3) is 5.91 Å². The van der Waals surface area contributed by atoms with Crippen LogP contribution < -0.4 is 5.32 Å². The van der Waals surface area contributed by atoms with Gasteiger partial charge in [-0.1, -0.05) is 36.4 Å². The number of nitrogens with zero attached hydrogens (tertiary/aromatic N) is 1. The summed E-state index contributed by atoms with van der Waals surface area (Å²) in [6.07, 6.45) is -4.44. The molecule has 0 aliphatic heterocycles. The van der Waals surface area contributed by atoms with Crippen LogP contribution in [-0.2, 0) is 11.9 Å². The number of alkyl halides is 3. The van der Waals surface area contributed by atoms with E-state index in [9.17, 15) is 18.0 Å². The molecule has 3 aromatic rings. The fraction of sp³-hybridized carbons (Fsp3) is 0.167. The first-order valence-corrected chi connectivity index (χ1v) is 10.5. The molecule has 1 unspecified atom stereocenters. The highest BCUT2D eigenvalue weighted by molar-refractivity contribution is 7.98. The van der Waals surface area contributed by atoms with Gasteiger partial charge in [-0.3, -0.25) is 4.79 Å². The van der Waals surface area contributed by atoms with Gasteiger partial charge in [-0.05, 0) is 54.4 Å². The van der Waals surface area contributed by atoms with Crippen molar-refractivity contribution in [2.45, 2.75) is 29.8 Å². The van der Waals surface area contributed by atoms with E-state index in [1.54, 1.807) is 37.3 Å². The van der Waals surface area contributed by atoms with Gasteiger partial charge in [-0.25, -0.2) is 0 Å².